The van der Waals surface area contributed by atoms with Gasteiger partial charge in [0.05, 0.1) is 12.5 Å². The van der Waals surface area contributed by atoms with Crippen LogP contribution in [0.25, 0.3) is 22.3 Å². The summed E-state index contributed by atoms with van der Waals surface area (Å²) in [6, 6.07) is 21.2. The summed E-state index contributed by atoms with van der Waals surface area (Å²) in [6.45, 7) is 1.90. The van der Waals surface area contributed by atoms with E-state index in [1.54, 1.807) is 67.8 Å². The molecule has 0 atom stereocenters. The molecule has 0 unspecified atom stereocenters. The van der Waals surface area contributed by atoms with Gasteiger partial charge in [-0.3, -0.25) is 9.59 Å². The Balaban J connectivity index is 2.02. The molecule has 0 aliphatic heterocycles. The largest absolute Gasteiger partial charge is 0.497 e. The van der Waals surface area contributed by atoms with Gasteiger partial charge >= 0.3 is 0 Å². The van der Waals surface area contributed by atoms with Gasteiger partial charge in [-0.2, -0.15) is 0 Å². The molecule has 0 N–H and O–H groups in total. The Morgan fingerprint density at radius 2 is 1.64 bits per heavy atom. The molecule has 1 aromatic heterocycles. The lowest BCUT2D eigenvalue weighted by Gasteiger charge is -2.11. The Morgan fingerprint density at radius 3 is 2.32 bits per heavy atom. The second-order valence-electron chi connectivity index (χ2n) is 6.56. The second kappa shape index (κ2) is 7.16. The number of aryl methyl sites for hydroxylation is 1. The maximum absolute atomic E-state index is 13.3. The number of carbonyl (C=O) groups excluding carboxylic acids is 1. The zero-order valence-corrected chi connectivity index (χ0v) is 15.6. The molecule has 0 spiro atoms. The first-order valence-corrected chi connectivity index (χ1v) is 8.90. The van der Waals surface area contributed by atoms with Crippen LogP contribution in [0.2, 0.25) is 0 Å². The Labute approximate surface area is 162 Å². The van der Waals surface area contributed by atoms with Gasteiger partial charge in [-0.15, -0.1) is 0 Å². The second-order valence-corrected chi connectivity index (χ2v) is 6.56. The van der Waals surface area contributed by atoms with Crippen LogP contribution in [0.1, 0.15) is 21.5 Å². The molecule has 4 aromatic rings. The number of fused-ring (bicyclic) bond motifs is 1. The van der Waals surface area contributed by atoms with Gasteiger partial charge in [-0.1, -0.05) is 42.0 Å². The van der Waals surface area contributed by atoms with Gasteiger partial charge < -0.3 is 9.15 Å². The maximum atomic E-state index is 13.3. The standard InChI is InChI=1S/C24H18O4/c1-15-8-13-20-19(14-15)23(26)21(22(25)16-6-4-3-5-7-16)24(28-20)17-9-11-18(27-2)12-10-17/h3-14H,1-2H3. The van der Waals surface area contributed by atoms with Crippen molar-refractivity contribution >= 4 is 16.8 Å². The average Bonchev–Trinajstić information content (AvgIpc) is 2.74. The number of hydrogen-bond acceptors (Lipinski definition) is 4. The van der Waals surface area contributed by atoms with Gasteiger partial charge in [0.2, 0.25) is 11.2 Å². The van der Waals surface area contributed by atoms with E-state index in [1.165, 1.54) is 0 Å². The van der Waals surface area contributed by atoms with E-state index in [9.17, 15) is 9.59 Å². The lowest BCUT2D eigenvalue weighted by molar-refractivity contribution is 0.103. The third kappa shape index (κ3) is 3.09. The zero-order valence-electron chi connectivity index (χ0n) is 15.6. The summed E-state index contributed by atoms with van der Waals surface area (Å²) in [6.07, 6.45) is 0. The van der Waals surface area contributed by atoms with Gasteiger partial charge in [0, 0.05) is 11.1 Å². The number of benzene rings is 3. The highest BCUT2D eigenvalue weighted by Crippen LogP contribution is 2.29. The number of carbonyl (C=O) groups is 1. The third-order valence-electron chi connectivity index (χ3n) is 4.66. The number of methoxy groups -OCH3 is 1. The molecule has 0 amide bonds. The molecular formula is C24H18O4. The first-order chi connectivity index (χ1) is 13.6. The highest BCUT2D eigenvalue weighted by molar-refractivity contribution is 6.13. The molecule has 0 radical (unpaired) electrons. The Hall–Kier alpha value is -3.66. The van der Waals surface area contributed by atoms with Crippen LogP contribution in [-0.4, -0.2) is 12.9 Å². The molecule has 0 fully saturated rings. The van der Waals surface area contributed by atoms with E-state index in [4.69, 9.17) is 9.15 Å². The summed E-state index contributed by atoms with van der Waals surface area (Å²) in [5.41, 5.74) is 2.16. The Morgan fingerprint density at radius 1 is 0.929 bits per heavy atom. The topological polar surface area (TPSA) is 56.5 Å². The fourth-order valence-corrected chi connectivity index (χ4v) is 3.19. The van der Waals surface area contributed by atoms with Crippen molar-refractivity contribution in [2.45, 2.75) is 6.92 Å². The maximum Gasteiger partial charge on any atom is 0.204 e. The monoisotopic (exact) mass is 370 g/mol. The third-order valence-corrected chi connectivity index (χ3v) is 4.66. The smallest absolute Gasteiger partial charge is 0.204 e. The summed E-state index contributed by atoms with van der Waals surface area (Å²) in [5, 5.41) is 0.400. The van der Waals surface area contributed by atoms with E-state index in [2.05, 4.69) is 0 Å². The fourth-order valence-electron chi connectivity index (χ4n) is 3.19. The van der Waals surface area contributed by atoms with Crippen molar-refractivity contribution in [3.63, 3.8) is 0 Å². The molecule has 0 saturated carbocycles. The minimum Gasteiger partial charge on any atom is -0.497 e. The van der Waals surface area contributed by atoms with Gasteiger partial charge in [0.25, 0.3) is 0 Å². The van der Waals surface area contributed by atoms with Crippen molar-refractivity contribution in [2.24, 2.45) is 0 Å². The number of ketones is 1. The van der Waals surface area contributed by atoms with E-state index in [0.29, 0.717) is 27.8 Å². The molecule has 0 aliphatic carbocycles. The summed E-state index contributed by atoms with van der Waals surface area (Å²) in [4.78, 5) is 26.5. The molecule has 0 saturated heterocycles. The van der Waals surface area contributed by atoms with Gasteiger partial charge in [0.1, 0.15) is 22.7 Å². The van der Waals surface area contributed by atoms with E-state index >= 15 is 0 Å². The normalized spacial score (nSPS) is 10.8. The van der Waals surface area contributed by atoms with E-state index in [1.807, 2.05) is 19.1 Å². The zero-order chi connectivity index (χ0) is 19.7. The van der Waals surface area contributed by atoms with Crippen molar-refractivity contribution in [1.29, 1.82) is 0 Å². The van der Waals surface area contributed by atoms with Crippen LogP contribution < -0.4 is 10.2 Å². The predicted molar refractivity (Wildman–Crippen MR) is 109 cm³/mol. The molecular weight excluding hydrogens is 352 g/mol. The SMILES string of the molecule is COc1ccc(-c2oc3ccc(C)cc3c(=O)c2C(=O)c2ccccc2)cc1. The van der Waals surface area contributed by atoms with Crippen LogP contribution in [0, 0.1) is 6.92 Å². The van der Waals surface area contributed by atoms with Crippen molar-refractivity contribution in [2.75, 3.05) is 7.11 Å². The molecule has 4 rings (SSSR count). The molecule has 4 heteroatoms. The molecule has 4 nitrogen and oxygen atoms in total. The fraction of sp³-hybridized carbons (Fsp3) is 0.0833. The number of rotatable bonds is 4. The van der Waals surface area contributed by atoms with Crippen molar-refractivity contribution < 1.29 is 13.9 Å². The van der Waals surface area contributed by atoms with Crippen LogP contribution in [0.15, 0.2) is 82.0 Å². The van der Waals surface area contributed by atoms with Gasteiger partial charge in [-0.05, 0) is 43.3 Å². The van der Waals surface area contributed by atoms with E-state index in [0.717, 1.165) is 5.56 Å². The lowest BCUT2D eigenvalue weighted by atomic mass is 9.97. The van der Waals surface area contributed by atoms with Crippen molar-refractivity contribution in [1.82, 2.24) is 0 Å². The van der Waals surface area contributed by atoms with Crippen LogP contribution in [0.5, 0.6) is 5.75 Å². The lowest BCUT2D eigenvalue weighted by Crippen LogP contribution is -2.18. The number of ether oxygens (including phenoxy) is 1. The molecule has 0 bridgehead atoms. The van der Waals surface area contributed by atoms with Crippen LogP contribution in [0.4, 0.5) is 0 Å². The molecule has 138 valence electrons. The molecule has 1 heterocycles. The summed E-state index contributed by atoms with van der Waals surface area (Å²) >= 11 is 0. The van der Waals surface area contributed by atoms with Crippen LogP contribution in [0.3, 0.4) is 0 Å². The number of hydrogen-bond donors (Lipinski definition) is 0. The summed E-state index contributed by atoms with van der Waals surface area (Å²) in [7, 11) is 1.58. The predicted octanol–water partition coefficient (Wildman–Crippen LogP) is 5.01. The van der Waals surface area contributed by atoms with Crippen LogP contribution >= 0.6 is 0 Å². The first kappa shape index (κ1) is 17.7. The Kier molecular flexibility index (Phi) is 4.53. The molecule has 3 aromatic carbocycles. The van der Waals surface area contributed by atoms with Gasteiger partial charge in [0.15, 0.2) is 0 Å². The van der Waals surface area contributed by atoms with Crippen molar-refractivity contribution in [3.8, 4) is 17.1 Å². The quantitative estimate of drug-likeness (QED) is 0.474. The summed E-state index contributed by atoms with van der Waals surface area (Å²) < 4.78 is 11.3. The van der Waals surface area contributed by atoms with E-state index < -0.39 is 0 Å². The van der Waals surface area contributed by atoms with Gasteiger partial charge in [-0.25, -0.2) is 0 Å². The molecule has 28 heavy (non-hydrogen) atoms. The van der Waals surface area contributed by atoms with Crippen LogP contribution in [-0.2, 0) is 0 Å². The average molecular weight is 370 g/mol. The minimum atomic E-state index is -0.358. The highest BCUT2D eigenvalue weighted by Gasteiger charge is 2.23. The Bertz CT molecular complexity index is 1220. The minimum absolute atomic E-state index is 0.0365. The first-order valence-electron chi connectivity index (χ1n) is 8.90. The summed E-state index contributed by atoms with van der Waals surface area (Å²) in [5.74, 6) is 0.583. The van der Waals surface area contributed by atoms with Crippen molar-refractivity contribution in [3.05, 3.63) is 99.7 Å². The highest BCUT2D eigenvalue weighted by atomic mass is 16.5. The van der Waals surface area contributed by atoms with E-state index in [-0.39, 0.29) is 22.5 Å². The molecule has 0 aliphatic rings.